The van der Waals surface area contributed by atoms with E-state index in [0.29, 0.717) is 16.7 Å². The van der Waals surface area contributed by atoms with Gasteiger partial charge < -0.3 is 18.6 Å². The van der Waals surface area contributed by atoms with Gasteiger partial charge >= 0.3 is 5.97 Å². The largest absolute Gasteiger partial charge is 0.496 e. The highest BCUT2D eigenvalue weighted by atomic mass is 79.9. The highest BCUT2D eigenvalue weighted by Gasteiger charge is 2.34. The number of hydrogen-bond donors (Lipinski definition) is 0. The van der Waals surface area contributed by atoms with E-state index in [-0.39, 0.29) is 21.6 Å². The molecule has 0 aliphatic carbocycles. The van der Waals surface area contributed by atoms with Crippen LogP contribution in [-0.2, 0) is 25.7 Å². The minimum atomic E-state index is -1.12. The third-order valence-electron chi connectivity index (χ3n) is 4.65. The average molecular weight is 521 g/mol. The smallest absolute Gasteiger partial charge is 0.377 e. The molecule has 0 amide bonds. The van der Waals surface area contributed by atoms with Gasteiger partial charge in [-0.2, -0.15) is 0 Å². The Balaban J connectivity index is 1.91. The number of thioether (sulfide) groups is 1. The summed E-state index contributed by atoms with van der Waals surface area (Å²) in [5.41, 5.74) is 0.880. The van der Waals surface area contributed by atoms with Gasteiger partial charge in [0.15, 0.2) is 5.09 Å². The molecule has 0 aliphatic rings. The first-order valence-corrected chi connectivity index (χ1v) is 11.3. The quantitative estimate of drug-likeness (QED) is 0.233. The summed E-state index contributed by atoms with van der Waals surface area (Å²) in [4.78, 5) is 37.5. The number of benzene rings is 2. The molecular weight excluding hydrogens is 500 g/mol. The van der Waals surface area contributed by atoms with Gasteiger partial charge in [-0.3, -0.25) is 9.59 Å². The Hall–Kier alpha value is -2.62. The van der Waals surface area contributed by atoms with Crippen LogP contribution in [-0.4, -0.2) is 37.3 Å². The molecule has 9 heteroatoms. The SMILES string of the molecule is COC(=O)C(=O)[C@H](OCc1ccccc1)[C@H](C)Sc1oc2cccc(OC)c2c(=O)c1Br. The summed E-state index contributed by atoms with van der Waals surface area (Å²) in [6.45, 7) is 1.84. The van der Waals surface area contributed by atoms with E-state index in [4.69, 9.17) is 13.9 Å². The van der Waals surface area contributed by atoms with Crippen molar-refractivity contribution in [2.75, 3.05) is 14.2 Å². The van der Waals surface area contributed by atoms with Crippen molar-refractivity contribution in [3.05, 3.63) is 68.8 Å². The third kappa shape index (κ3) is 5.23. The van der Waals surface area contributed by atoms with E-state index in [9.17, 15) is 14.4 Å². The molecule has 0 saturated heterocycles. The summed E-state index contributed by atoms with van der Waals surface area (Å²) < 4.78 is 21.8. The Bertz CT molecular complexity index is 1180. The Morgan fingerprint density at radius 3 is 2.47 bits per heavy atom. The second-order valence-electron chi connectivity index (χ2n) is 6.76. The molecular formula is C23H21BrO7S. The molecule has 7 nitrogen and oxygen atoms in total. The molecule has 0 bridgehead atoms. The number of ketones is 1. The summed E-state index contributed by atoms with van der Waals surface area (Å²) >= 11 is 4.40. The van der Waals surface area contributed by atoms with Crippen LogP contribution in [0.5, 0.6) is 5.75 Å². The van der Waals surface area contributed by atoms with E-state index in [0.717, 1.165) is 24.4 Å². The highest BCUT2D eigenvalue weighted by Crippen LogP contribution is 2.35. The molecule has 3 aromatic rings. The Morgan fingerprint density at radius 1 is 1.09 bits per heavy atom. The molecule has 0 fully saturated rings. The van der Waals surface area contributed by atoms with Crippen LogP contribution in [0.15, 0.2) is 67.3 Å². The molecule has 2 aromatic carbocycles. The first kappa shape index (κ1) is 24.0. The number of Topliss-reactive ketones (excluding diaryl/α,β-unsaturated/α-hetero) is 1. The predicted molar refractivity (Wildman–Crippen MR) is 124 cm³/mol. The summed E-state index contributed by atoms with van der Waals surface area (Å²) in [5, 5.41) is -0.0107. The average Bonchev–Trinajstić information content (AvgIpc) is 2.81. The lowest BCUT2D eigenvalue weighted by Crippen LogP contribution is -2.38. The van der Waals surface area contributed by atoms with Crippen LogP contribution < -0.4 is 10.2 Å². The first-order valence-electron chi connectivity index (χ1n) is 9.61. The van der Waals surface area contributed by atoms with Gasteiger partial charge in [0.25, 0.3) is 5.78 Å². The number of ether oxygens (including phenoxy) is 3. The second kappa shape index (κ2) is 10.8. The molecule has 0 unspecified atom stereocenters. The first-order chi connectivity index (χ1) is 15.4. The fourth-order valence-corrected chi connectivity index (χ4v) is 4.60. The molecule has 168 valence electrons. The summed E-state index contributed by atoms with van der Waals surface area (Å²) in [6, 6.07) is 14.3. The molecule has 32 heavy (non-hydrogen) atoms. The number of methoxy groups -OCH3 is 2. The molecule has 2 atom stereocenters. The zero-order chi connectivity index (χ0) is 23.3. The molecule has 0 aliphatic heterocycles. The highest BCUT2D eigenvalue weighted by molar-refractivity contribution is 9.10. The van der Waals surface area contributed by atoms with Gasteiger partial charge in [-0.15, -0.1) is 0 Å². The number of rotatable bonds is 9. The molecule has 1 aromatic heterocycles. The Kier molecular flexibility index (Phi) is 8.11. The standard InChI is InChI=1S/C23H21BrO7S/c1-13(21(20(26)22(27)29-3)30-12-14-8-5-4-6-9-14)32-23-18(24)19(25)17-15(28-2)10-7-11-16(17)31-23/h4-11,13,21H,12H2,1-3H3/t13-,21+/m0/s1. The van der Waals surface area contributed by atoms with Crippen LogP contribution in [0, 0.1) is 0 Å². The molecule has 1 heterocycles. The lowest BCUT2D eigenvalue weighted by molar-refractivity contribution is -0.157. The topological polar surface area (TPSA) is 92.0 Å². The van der Waals surface area contributed by atoms with Gasteiger partial charge in [0.05, 0.1) is 20.8 Å². The minimum Gasteiger partial charge on any atom is -0.496 e. The predicted octanol–water partition coefficient (Wildman–Crippen LogP) is 4.37. The summed E-state index contributed by atoms with van der Waals surface area (Å²) in [6.07, 6.45) is -1.12. The molecule has 0 radical (unpaired) electrons. The van der Waals surface area contributed by atoms with E-state index >= 15 is 0 Å². The van der Waals surface area contributed by atoms with Crippen molar-refractivity contribution in [1.29, 1.82) is 0 Å². The van der Waals surface area contributed by atoms with E-state index in [1.165, 1.54) is 7.11 Å². The maximum Gasteiger partial charge on any atom is 0.377 e. The van der Waals surface area contributed by atoms with Gasteiger partial charge in [-0.05, 0) is 40.5 Å². The third-order valence-corrected chi connectivity index (χ3v) is 6.76. The number of carbonyl (C=O) groups is 2. The summed E-state index contributed by atoms with van der Waals surface area (Å²) in [7, 11) is 2.61. The number of halogens is 1. The van der Waals surface area contributed by atoms with E-state index < -0.39 is 23.1 Å². The molecule has 0 N–H and O–H groups in total. The van der Waals surface area contributed by atoms with Crippen LogP contribution in [0.2, 0.25) is 0 Å². The van der Waals surface area contributed by atoms with Crippen LogP contribution in [0.4, 0.5) is 0 Å². The van der Waals surface area contributed by atoms with Gasteiger partial charge in [-0.25, -0.2) is 4.79 Å². The van der Waals surface area contributed by atoms with Gasteiger partial charge in [0, 0.05) is 5.25 Å². The zero-order valence-corrected chi connectivity index (χ0v) is 20.0. The lowest BCUT2D eigenvalue weighted by atomic mass is 10.1. The number of hydrogen-bond acceptors (Lipinski definition) is 8. The van der Waals surface area contributed by atoms with Gasteiger partial charge in [0.1, 0.15) is 27.3 Å². The number of esters is 1. The van der Waals surface area contributed by atoms with Crippen molar-refractivity contribution in [3.8, 4) is 5.75 Å². The van der Waals surface area contributed by atoms with Crippen LogP contribution in [0.1, 0.15) is 12.5 Å². The molecule has 0 saturated carbocycles. The lowest BCUT2D eigenvalue weighted by Gasteiger charge is -2.22. The maximum absolute atomic E-state index is 12.9. The second-order valence-corrected chi connectivity index (χ2v) is 8.91. The van der Waals surface area contributed by atoms with Crippen LogP contribution >= 0.6 is 27.7 Å². The zero-order valence-electron chi connectivity index (χ0n) is 17.6. The van der Waals surface area contributed by atoms with Gasteiger partial charge in [-0.1, -0.05) is 48.2 Å². The normalized spacial score (nSPS) is 12.9. The van der Waals surface area contributed by atoms with E-state index in [2.05, 4.69) is 20.7 Å². The maximum atomic E-state index is 12.9. The van der Waals surface area contributed by atoms with Crippen molar-refractivity contribution in [2.24, 2.45) is 0 Å². The van der Waals surface area contributed by atoms with E-state index in [1.54, 1.807) is 25.1 Å². The molecule has 3 rings (SSSR count). The molecule has 0 spiro atoms. The number of carbonyl (C=O) groups excluding carboxylic acids is 2. The fraction of sp³-hybridized carbons (Fsp3) is 0.261. The van der Waals surface area contributed by atoms with E-state index in [1.807, 2.05) is 30.3 Å². The monoisotopic (exact) mass is 520 g/mol. The van der Waals surface area contributed by atoms with Crippen LogP contribution in [0.25, 0.3) is 11.0 Å². The van der Waals surface area contributed by atoms with Crippen molar-refractivity contribution in [1.82, 2.24) is 0 Å². The van der Waals surface area contributed by atoms with Crippen molar-refractivity contribution in [3.63, 3.8) is 0 Å². The van der Waals surface area contributed by atoms with Crippen molar-refractivity contribution >= 4 is 50.4 Å². The van der Waals surface area contributed by atoms with Crippen molar-refractivity contribution in [2.45, 2.75) is 30.0 Å². The minimum absolute atomic E-state index is 0.124. The van der Waals surface area contributed by atoms with Crippen LogP contribution in [0.3, 0.4) is 0 Å². The van der Waals surface area contributed by atoms with Crippen molar-refractivity contribution < 1.29 is 28.2 Å². The number of fused-ring (bicyclic) bond motifs is 1. The van der Waals surface area contributed by atoms with Gasteiger partial charge in [0.2, 0.25) is 5.43 Å². The summed E-state index contributed by atoms with van der Waals surface area (Å²) in [5.74, 6) is -1.42. The fourth-order valence-electron chi connectivity index (χ4n) is 3.04. The Morgan fingerprint density at radius 2 is 1.81 bits per heavy atom. The Labute approximate surface area is 197 Å².